The largest absolute Gasteiger partial charge is 0.497 e. The molecule has 0 radical (unpaired) electrons. The van der Waals surface area contributed by atoms with E-state index in [0.29, 0.717) is 0 Å². The third kappa shape index (κ3) is 3.45. The summed E-state index contributed by atoms with van der Waals surface area (Å²) in [5, 5.41) is 2.59. The molecule has 0 bridgehead atoms. The quantitative estimate of drug-likeness (QED) is 0.828. The molecule has 0 aromatic heterocycles. The standard InChI is InChI=1S/C11H12F3NO2/c1-15-6-10(16)7-3-8(11(12,13)14)5-9(4-7)17-2/h3-5,15H,6H2,1-2H3. The van der Waals surface area contributed by atoms with Crippen LogP contribution in [0.5, 0.6) is 5.75 Å². The maximum Gasteiger partial charge on any atom is 0.416 e. The number of methoxy groups -OCH3 is 1. The molecule has 0 saturated carbocycles. The van der Waals surface area contributed by atoms with Gasteiger partial charge in [0.2, 0.25) is 0 Å². The van der Waals surface area contributed by atoms with Gasteiger partial charge in [-0.1, -0.05) is 0 Å². The van der Waals surface area contributed by atoms with Crippen LogP contribution in [-0.4, -0.2) is 26.5 Å². The zero-order chi connectivity index (χ0) is 13.1. The maximum absolute atomic E-state index is 12.6. The second kappa shape index (κ2) is 5.18. The van der Waals surface area contributed by atoms with Gasteiger partial charge in [-0.25, -0.2) is 0 Å². The molecule has 6 heteroatoms. The SMILES string of the molecule is CNCC(=O)c1cc(OC)cc(C(F)(F)F)c1. The van der Waals surface area contributed by atoms with Crippen LogP contribution >= 0.6 is 0 Å². The van der Waals surface area contributed by atoms with Gasteiger partial charge in [-0.2, -0.15) is 13.2 Å². The smallest absolute Gasteiger partial charge is 0.416 e. The van der Waals surface area contributed by atoms with E-state index in [1.165, 1.54) is 13.2 Å². The van der Waals surface area contributed by atoms with Crippen LogP contribution in [0.3, 0.4) is 0 Å². The third-order valence-electron chi connectivity index (χ3n) is 2.13. The number of ether oxygens (including phenoxy) is 1. The van der Waals surface area contributed by atoms with E-state index in [2.05, 4.69) is 5.32 Å². The first kappa shape index (κ1) is 13.5. The Morgan fingerprint density at radius 3 is 2.47 bits per heavy atom. The molecule has 1 N–H and O–H groups in total. The lowest BCUT2D eigenvalue weighted by molar-refractivity contribution is -0.137. The highest BCUT2D eigenvalue weighted by Crippen LogP contribution is 2.32. The molecule has 1 aromatic rings. The van der Waals surface area contributed by atoms with Crippen molar-refractivity contribution in [1.29, 1.82) is 0 Å². The van der Waals surface area contributed by atoms with E-state index in [0.717, 1.165) is 12.1 Å². The molecule has 3 nitrogen and oxygen atoms in total. The number of nitrogens with one attached hydrogen (secondary N) is 1. The average molecular weight is 247 g/mol. The summed E-state index contributed by atoms with van der Waals surface area (Å²) in [5.74, 6) is -0.406. The van der Waals surface area contributed by atoms with Crippen LogP contribution in [0.2, 0.25) is 0 Å². The molecule has 1 aromatic carbocycles. The van der Waals surface area contributed by atoms with Crippen molar-refractivity contribution < 1.29 is 22.7 Å². The summed E-state index contributed by atoms with van der Waals surface area (Å²) in [7, 11) is 2.80. The highest BCUT2D eigenvalue weighted by Gasteiger charge is 2.31. The highest BCUT2D eigenvalue weighted by molar-refractivity contribution is 5.98. The van der Waals surface area contributed by atoms with Crippen LogP contribution in [0.25, 0.3) is 0 Å². The molecule has 0 aliphatic rings. The van der Waals surface area contributed by atoms with E-state index < -0.39 is 17.5 Å². The lowest BCUT2D eigenvalue weighted by atomic mass is 10.1. The Hall–Kier alpha value is -1.56. The molecule has 0 spiro atoms. The minimum absolute atomic E-state index is 0.0132. The van der Waals surface area contributed by atoms with Crippen molar-refractivity contribution in [2.45, 2.75) is 6.18 Å². The average Bonchev–Trinajstić information content (AvgIpc) is 2.27. The summed E-state index contributed by atoms with van der Waals surface area (Å²) in [4.78, 5) is 11.5. The van der Waals surface area contributed by atoms with Crippen LogP contribution in [0.1, 0.15) is 15.9 Å². The van der Waals surface area contributed by atoms with Crippen molar-refractivity contribution in [3.63, 3.8) is 0 Å². The number of hydrogen-bond donors (Lipinski definition) is 1. The monoisotopic (exact) mass is 247 g/mol. The van der Waals surface area contributed by atoms with Gasteiger partial charge in [0.25, 0.3) is 0 Å². The van der Waals surface area contributed by atoms with Crippen molar-refractivity contribution in [3.05, 3.63) is 29.3 Å². The first-order valence-electron chi connectivity index (χ1n) is 4.82. The highest BCUT2D eigenvalue weighted by atomic mass is 19.4. The Morgan fingerprint density at radius 1 is 1.35 bits per heavy atom. The first-order valence-corrected chi connectivity index (χ1v) is 4.82. The molecule has 1 rings (SSSR count). The van der Waals surface area contributed by atoms with Gasteiger partial charge >= 0.3 is 6.18 Å². The fourth-order valence-corrected chi connectivity index (χ4v) is 1.30. The fourth-order valence-electron chi connectivity index (χ4n) is 1.30. The van der Waals surface area contributed by atoms with Crippen molar-refractivity contribution in [3.8, 4) is 5.75 Å². The summed E-state index contributed by atoms with van der Waals surface area (Å²) in [6.45, 7) is -0.0233. The zero-order valence-corrected chi connectivity index (χ0v) is 9.39. The number of carbonyl (C=O) groups is 1. The predicted molar refractivity (Wildman–Crippen MR) is 56.3 cm³/mol. The van der Waals surface area contributed by atoms with Crippen molar-refractivity contribution in [2.75, 3.05) is 20.7 Å². The van der Waals surface area contributed by atoms with Gasteiger partial charge in [0, 0.05) is 5.56 Å². The van der Waals surface area contributed by atoms with E-state index in [4.69, 9.17) is 4.74 Å². The zero-order valence-electron chi connectivity index (χ0n) is 9.39. The van der Waals surface area contributed by atoms with Crippen LogP contribution < -0.4 is 10.1 Å². The number of ketones is 1. The minimum Gasteiger partial charge on any atom is -0.497 e. The predicted octanol–water partition coefficient (Wildman–Crippen LogP) is 2.12. The summed E-state index contributed by atoms with van der Waals surface area (Å²) in [5.41, 5.74) is -0.915. The molecule has 0 fully saturated rings. The normalized spacial score (nSPS) is 11.4. The number of rotatable bonds is 4. The second-order valence-electron chi connectivity index (χ2n) is 3.40. The second-order valence-corrected chi connectivity index (χ2v) is 3.40. The van der Waals surface area contributed by atoms with E-state index in [9.17, 15) is 18.0 Å². The van der Waals surface area contributed by atoms with Gasteiger partial charge in [0.1, 0.15) is 5.75 Å². The first-order chi connectivity index (χ1) is 7.88. The number of Topliss-reactive ketones (excluding diaryl/α,β-unsaturated/α-hetero) is 1. The van der Waals surface area contributed by atoms with Crippen LogP contribution in [-0.2, 0) is 6.18 Å². The Morgan fingerprint density at radius 2 is 2.00 bits per heavy atom. The number of hydrogen-bond acceptors (Lipinski definition) is 3. The Kier molecular flexibility index (Phi) is 4.11. The van der Waals surface area contributed by atoms with E-state index in [1.54, 1.807) is 7.05 Å². The molecule has 94 valence electrons. The Labute approximate surface area is 96.6 Å². The van der Waals surface area contributed by atoms with E-state index in [-0.39, 0.29) is 17.9 Å². The van der Waals surface area contributed by atoms with Crippen molar-refractivity contribution >= 4 is 5.78 Å². The van der Waals surface area contributed by atoms with Gasteiger partial charge in [0.15, 0.2) is 5.78 Å². The third-order valence-corrected chi connectivity index (χ3v) is 2.13. The lowest BCUT2D eigenvalue weighted by Gasteiger charge is -2.11. The number of carbonyl (C=O) groups excluding carboxylic acids is 1. The fraction of sp³-hybridized carbons (Fsp3) is 0.364. The number of alkyl halides is 3. The summed E-state index contributed by atoms with van der Waals surface area (Å²) in [6.07, 6.45) is -4.50. The molecular formula is C11H12F3NO2. The maximum atomic E-state index is 12.6. The molecule has 17 heavy (non-hydrogen) atoms. The van der Waals surface area contributed by atoms with Crippen LogP contribution in [0.4, 0.5) is 13.2 Å². The van der Waals surface area contributed by atoms with E-state index in [1.807, 2.05) is 0 Å². The molecule has 0 aliphatic heterocycles. The van der Waals surface area contributed by atoms with Gasteiger partial charge in [0.05, 0.1) is 19.2 Å². The molecule has 0 unspecified atom stereocenters. The molecule has 0 heterocycles. The van der Waals surface area contributed by atoms with Gasteiger partial charge in [-0.15, -0.1) is 0 Å². The van der Waals surface area contributed by atoms with Crippen LogP contribution in [0, 0.1) is 0 Å². The van der Waals surface area contributed by atoms with Gasteiger partial charge in [-0.05, 0) is 25.2 Å². The number of benzene rings is 1. The summed E-state index contributed by atoms with van der Waals surface area (Å²) in [6, 6.07) is 2.97. The van der Waals surface area contributed by atoms with Crippen molar-refractivity contribution in [2.24, 2.45) is 0 Å². The minimum atomic E-state index is -4.50. The summed E-state index contributed by atoms with van der Waals surface area (Å²) < 4.78 is 42.4. The summed E-state index contributed by atoms with van der Waals surface area (Å²) >= 11 is 0. The van der Waals surface area contributed by atoms with Gasteiger partial charge in [-0.3, -0.25) is 4.79 Å². The molecule has 0 atom stereocenters. The van der Waals surface area contributed by atoms with Crippen molar-refractivity contribution in [1.82, 2.24) is 5.32 Å². The molecule has 0 aliphatic carbocycles. The molecule has 0 saturated heterocycles. The Bertz CT molecular complexity index is 416. The van der Waals surface area contributed by atoms with E-state index >= 15 is 0 Å². The van der Waals surface area contributed by atoms with Crippen LogP contribution in [0.15, 0.2) is 18.2 Å². The number of likely N-dealkylation sites (N-methyl/N-ethyl adjacent to an activating group) is 1. The topological polar surface area (TPSA) is 38.3 Å². The Balaban J connectivity index is 3.19. The molecular weight excluding hydrogens is 235 g/mol. The van der Waals surface area contributed by atoms with Gasteiger partial charge < -0.3 is 10.1 Å². The lowest BCUT2D eigenvalue weighted by Crippen LogP contribution is -2.19. The molecule has 0 amide bonds. The number of halogens is 3.